The quantitative estimate of drug-likeness (QED) is 0.612. The van der Waals surface area contributed by atoms with Crippen LogP contribution in [0.3, 0.4) is 0 Å². The fourth-order valence-corrected chi connectivity index (χ4v) is 3.87. The molecule has 0 spiro atoms. The van der Waals surface area contributed by atoms with Gasteiger partial charge in [0.15, 0.2) is 5.65 Å². The molecule has 1 fully saturated rings. The van der Waals surface area contributed by atoms with E-state index in [1.165, 1.54) is 0 Å². The highest BCUT2D eigenvalue weighted by atomic mass is 35.5. The zero-order valence-corrected chi connectivity index (χ0v) is 18.9. The van der Waals surface area contributed by atoms with E-state index in [4.69, 9.17) is 10.7 Å². The average Bonchev–Trinajstić information content (AvgIpc) is 3.14. The largest absolute Gasteiger partial charge is 0.349 e. The number of halogens is 2. The van der Waals surface area contributed by atoms with Crippen LogP contribution < -0.4 is 11.1 Å². The van der Waals surface area contributed by atoms with Crippen molar-refractivity contribution in [2.24, 2.45) is 5.73 Å². The number of amides is 1. The molecule has 2 aromatic heterocycles. The number of nitrogens with one attached hydrogen (secondary N) is 1. The van der Waals surface area contributed by atoms with E-state index in [0.717, 1.165) is 48.0 Å². The molecular weight excluding hydrogens is 421 g/mol. The van der Waals surface area contributed by atoms with Gasteiger partial charge in [0.1, 0.15) is 0 Å². The summed E-state index contributed by atoms with van der Waals surface area (Å²) in [5, 5.41) is 8.48. The minimum absolute atomic E-state index is 0. The number of nitrogens with zero attached hydrogens (tertiary/aromatic N) is 3. The van der Waals surface area contributed by atoms with Crippen molar-refractivity contribution < 1.29 is 4.79 Å². The molecule has 30 heavy (non-hydrogen) atoms. The van der Waals surface area contributed by atoms with Gasteiger partial charge in [-0.1, -0.05) is 30.3 Å². The number of hydrogen-bond donors (Lipinski definition) is 2. The normalized spacial score (nSPS) is 18.5. The molecule has 0 atom stereocenters. The number of fused-ring (bicyclic) bond motifs is 1. The van der Waals surface area contributed by atoms with Crippen LogP contribution in [0.1, 0.15) is 55.9 Å². The average molecular weight is 450 g/mol. The Morgan fingerprint density at radius 1 is 1.13 bits per heavy atom. The number of rotatable bonds is 4. The highest BCUT2D eigenvalue weighted by Crippen LogP contribution is 2.27. The third-order valence-corrected chi connectivity index (χ3v) is 5.48. The summed E-state index contributed by atoms with van der Waals surface area (Å²) in [6, 6.07) is 12.4. The van der Waals surface area contributed by atoms with Crippen molar-refractivity contribution in [3.05, 3.63) is 48.2 Å². The first-order valence-electron chi connectivity index (χ1n) is 10.0. The van der Waals surface area contributed by atoms with Crippen LogP contribution in [0, 0.1) is 0 Å². The lowest BCUT2D eigenvalue weighted by Gasteiger charge is -2.27. The smallest absolute Gasteiger partial charge is 0.252 e. The van der Waals surface area contributed by atoms with Crippen molar-refractivity contribution in [2.75, 3.05) is 0 Å². The Bertz CT molecular complexity index is 982. The Morgan fingerprint density at radius 2 is 1.80 bits per heavy atom. The zero-order chi connectivity index (χ0) is 19.7. The van der Waals surface area contributed by atoms with Crippen LogP contribution in [-0.4, -0.2) is 32.8 Å². The molecule has 0 unspecified atom stereocenters. The number of carbonyl (C=O) groups excluding carboxylic acids is 1. The summed E-state index contributed by atoms with van der Waals surface area (Å²) >= 11 is 0. The van der Waals surface area contributed by atoms with Crippen LogP contribution >= 0.6 is 24.8 Å². The maximum Gasteiger partial charge on any atom is 0.252 e. The molecule has 4 rings (SSSR count). The second-order valence-electron chi connectivity index (χ2n) is 7.93. The Kier molecular flexibility index (Phi) is 8.24. The van der Waals surface area contributed by atoms with Gasteiger partial charge in [-0.2, -0.15) is 5.10 Å². The molecule has 1 aliphatic carbocycles. The van der Waals surface area contributed by atoms with Gasteiger partial charge in [0.25, 0.3) is 5.91 Å². The minimum Gasteiger partial charge on any atom is -0.349 e. The molecule has 8 heteroatoms. The van der Waals surface area contributed by atoms with E-state index in [2.05, 4.69) is 24.3 Å². The second-order valence-corrected chi connectivity index (χ2v) is 7.93. The molecule has 1 saturated carbocycles. The monoisotopic (exact) mass is 449 g/mol. The van der Waals surface area contributed by atoms with Crippen molar-refractivity contribution in [1.82, 2.24) is 20.1 Å². The molecule has 0 aliphatic heterocycles. The van der Waals surface area contributed by atoms with Crippen molar-refractivity contribution in [3.63, 3.8) is 0 Å². The highest BCUT2D eigenvalue weighted by Gasteiger charge is 2.23. The van der Waals surface area contributed by atoms with E-state index in [-0.39, 0.29) is 48.8 Å². The van der Waals surface area contributed by atoms with Gasteiger partial charge in [0.2, 0.25) is 0 Å². The molecule has 0 radical (unpaired) electrons. The summed E-state index contributed by atoms with van der Waals surface area (Å²) in [4.78, 5) is 18.0. The van der Waals surface area contributed by atoms with E-state index < -0.39 is 0 Å². The zero-order valence-electron chi connectivity index (χ0n) is 17.2. The lowest BCUT2D eigenvalue weighted by molar-refractivity contribution is 0.0927. The van der Waals surface area contributed by atoms with Gasteiger partial charge in [0, 0.05) is 23.7 Å². The van der Waals surface area contributed by atoms with Gasteiger partial charge in [-0.05, 0) is 45.6 Å². The van der Waals surface area contributed by atoms with Crippen LogP contribution in [0.25, 0.3) is 22.3 Å². The van der Waals surface area contributed by atoms with E-state index in [1.807, 2.05) is 41.1 Å². The van der Waals surface area contributed by atoms with Crippen LogP contribution in [0.5, 0.6) is 0 Å². The first kappa shape index (κ1) is 24.1. The fraction of sp³-hybridized carbons (Fsp3) is 0.409. The van der Waals surface area contributed by atoms with E-state index >= 15 is 0 Å². The molecular formula is C22H29Cl2N5O. The van der Waals surface area contributed by atoms with Crippen LogP contribution in [0.15, 0.2) is 42.6 Å². The predicted octanol–water partition coefficient (Wildman–Crippen LogP) is 4.52. The molecule has 1 amide bonds. The number of aromatic nitrogens is 3. The third-order valence-electron chi connectivity index (χ3n) is 5.48. The molecule has 3 aromatic rings. The summed E-state index contributed by atoms with van der Waals surface area (Å²) in [6.45, 7) is 4.13. The summed E-state index contributed by atoms with van der Waals surface area (Å²) in [5.41, 5.74) is 9.14. The standard InChI is InChI=1S/C22H27N5O.2ClH/c1-14(2)27-21-19(13-24-27)18(12-20(26-21)15-6-4-3-5-7-15)22(28)25-17-10-8-16(23)9-11-17;;/h3-7,12-14,16-17H,8-11,23H2,1-2H3,(H,25,28);2*1H. The van der Waals surface area contributed by atoms with Crippen molar-refractivity contribution in [3.8, 4) is 11.3 Å². The summed E-state index contributed by atoms with van der Waals surface area (Å²) < 4.78 is 1.87. The Labute approximate surface area is 189 Å². The minimum atomic E-state index is -0.0617. The molecule has 0 bridgehead atoms. The number of hydrogen-bond acceptors (Lipinski definition) is 4. The lowest BCUT2D eigenvalue weighted by atomic mass is 9.91. The maximum absolute atomic E-state index is 13.2. The first-order chi connectivity index (χ1) is 13.5. The first-order valence-corrected chi connectivity index (χ1v) is 10.0. The van der Waals surface area contributed by atoms with Crippen molar-refractivity contribution >= 4 is 41.8 Å². The van der Waals surface area contributed by atoms with Gasteiger partial charge in [0.05, 0.1) is 22.8 Å². The number of nitrogens with two attached hydrogens (primary N) is 1. The predicted molar refractivity (Wildman–Crippen MR) is 126 cm³/mol. The Hall–Kier alpha value is -2.15. The van der Waals surface area contributed by atoms with Crippen molar-refractivity contribution in [2.45, 2.75) is 57.7 Å². The molecule has 1 aliphatic rings. The second kappa shape index (κ2) is 10.2. The molecule has 162 valence electrons. The Balaban J connectivity index is 0.00000160. The number of pyridine rings is 1. The molecule has 6 nitrogen and oxygen atoms in total. The van der Waals surface area contributed by atoms with Gasteiger partial charge >= 0.3 is 0 Å². The van der Waals surface area contributed by atoms with Crippen LogP contribution in [-0.2, 0) is 0 Å². The fourth-order valence-electron chi connectivity index (χ4n) is 3.87. The summed E-state index contributed by atoms with van der Waals surface area (Å²) in [7, 11) is 0. The maximum atomic E-state index is 13.2. The van der Waals surface area contributed by atoms with Gasteiger partial charge in [-0.15, -0.1) is 24.8 Å². The van der Waals surface area contributed by atoms with E-state index in [1.54, 1.807) is 6.20 Å². The topological polar surface area (TPSA) is 85.8 Å². The molecule has 1 aromatic carbocycles. The SMILES string of the molecule is CC(C)n1ncc2c(C(=O)NC3CCC(N)CC3)cc(-c3ccccc3)nc21.Cl.Cl. The Morgan fingerprint density at radius 3 is 2.43 bits per heavy atom. The van der Waals surface area contributed by atoms with Crippen LogP contribution in [0.2, 0.25) is 0 Å². The summed E-state index contributed by atoms with van der Waals surface area (Å²) in [5.74, 6) is -0.0617. The van der Waals surface area contributed by atoms with Gasteiger partial charge < -0.3 is 11.1 Å². The number of benzene rings is 1. The van der Waals surface area contributed by atoms with Crippen LogP contribution in [0.4, 0.5) is 0 Å². The van der Waals surface area contributed by atoms with Gasteiger partial charge in [-0.3, -0.25) is 4.79 Å². The summed E-state index contributed by atoms with van der Waals surface area (Å²) in [6.07, 6.45) is 5.52. The molecule has 2 heterocycles. The molecule has 3 N–H and O–H groups in total. The highest BCUT2D eigenvalue weighted by molar-refractivity contribution is 6.06. The third kappa shape index (κ3) is 4.94. The van der Waals surface area contributed by atoms with Crippen molar-refractivity contribution in [1.29, 1.82) is 0 Å². The number of carbonyl (C=O) groups is 1. The van der Waals surface area contributed by atoms with E-state index in [9.17, 15) is 4.79 Å². The van der Waals surface area contributed by atoms with E-state index in [0.29, 0.717) is 5.56 Å². The molecule has 0 saturated heterocycles. The van der Waals surface area contributed by atoms with Gasteiger partial charge in [-0.25, -0.2) is 9.67 Å². The lowest BCUT2D eigenvalue weighted by Crippen LogP contribution is -2.40.